The Labute approximate surface area is 179 Å². The van der Waals surface area contributed by atoms with E-state index in [9.17, 15) is 9.90 Å². The van der Waals surface area contributed by atoms with Gasteiger partial charge in [-0.2, -0.15) is 0 Å². The molecule has 2 aromatic carbocycles. The number of aliphatic imine (C=N–C) groups is 1. The molecule has 4 rings (SSSR count). The highest BCUT2D eigenvalue weighted by atomic mass is 16.3. The number of allylic oxidation sites excluding steroid dienone is 2. The highest BCUT2D eigenvalue weighted by Crippen LogP contribution is 2.35. The lowest BCUT2D eigenvalue weighted by Gasteiger charge is -2.25. The number of Topliss-reactive ketones (excluding diaryl/α,β-unsaturated/α-hetero) is 1. The number of nitrogens with zero attached hydrogens (tertiary/aromatic N) is 2. The first kappa shape index (κ1) is 20.4. The molecule has 1 N–H and O–H groups in total. The van der Waals surface area contributed by atoms with Gasteiger partial charge >= 0.3 is 0 Å². The first-order chi connectivity index (χ1) is 14.5. The SMILES string of the molecule is CCC(=NC1Cc2ccccc2C1)C1=C(O)CC(c2ccc(N(C)C)cc2)CC1=O. The van der Waals surface area contributed by atoms with Gasteiger partial charge in [-0.15, -0.1) is 0 Å². The Bertz CT molecular complexity index is 977. The van der Waals surface area contributed by atoms with Gasteiger partial charge < -0.3 is 10.0 Å². The van der Waals surface area contributed by atoms with E-state index in [-0.39, 0.29) is 23.5 Å². The second kappa shape index (κ2) is 8.47. The van der Waals surface area contributed by atoms with Gasteiger partial charge in [0.1, 0.15) is 5.76 Å². The lowest BCUT2D eigenvalue weighted by atomic mass is 9.81. The third-order valence-electron chi connectivity index (χ3n) is 6.31. The molecule has 4 heteroatoms. The molecule has 30 heavy (non-hydrogen) atoms. The number of ketones is 1. The lowest BCUT2D eigenvalue weighted by molar-refractivity contribution is -0.116. The van der Waals surface area contributed by atoms with Crippen LogP contribution in [0.2, 0.25) is 0 Å². The summed E-state index contributed by atoms with van der Waals surface area (Å²) in [5, 5.41) is 10.8. The average Bonchev–Trinajstić information content (AvgIpc) is 3.15. The maximum absolute atomic E-state index is 13.0. The number of carbonyl (C=O) groups is 1. The maximum Gasteiger partial charge on any atom is 0.168 e. The van der Waals surface area contributed by atoms with Gasteiger partial charge in [0.05, 0.1) is 11.6 Å². The molecule has 0 radical (unpaired) electrons. The number of hydrogen-bond acceptors (Lipinski definition) is 4. The van der Waals surface area contributed by atoms with E-state index in [1.807, 2.05) is 21.0 Å². The van der Waals surface area contributed by atoms with Gasteiger partial charge in [0.2, 0.25) is 0 Å². The zero-order valence-electron chi connectivity index (χ0n) is 18.1. The number of aliphatic hydroxyl groups is 1. The molecule has 0 saturated heterocycles. The van der Waals surface area contributed by atoms with Gasteiger partial charge in [-0.3, -0.25) is 9.79 Å². The summed E-state index contributed by atoms with van der Waals surface area (Å²) >= 11 is 0. The van der Waals surface area contributed by atoms with Crippen LogP contribution >= 0.6 is 0 Å². The fourth-order valence-corrected chi connectivity index (χ4v) is 4.68. The number of rotatable bonds is 5. The van der Waals surface area contributed by atoms with E-state index in [4.69, 9.17) is 4.99 Å². The number of anilines is 1. The van der Waals surface area contributed by atoms with Gasteiger partial charge in [0.15, 0.2) is 5.78 Å². The Morgan fingerprint density at radius 3 is 2.17 bits per heavy atom. The highest BCUT2D eigenvalue weighted by Gasteiger charge is 2.31. The van der Waals surface area contributed by atoms with Gasteiger partial charge in [-0.05, 0) is 54.0 Å². The van der Waals surface area contributed by atoms with E-state index in [0.717, 1.165) is 29.8 Å². The van der Waals surface area contributed by atoms with Crippen LogP contribution in [0.25, 0.3) is 0 Å². The summed E-state index contributed by atoms with van der Waals surface area (Å²) in [6, 6.07) is 16.9. The standard InChI is InChI=1S/C26H30N2O2/c1-4-23(27-21-13-18-7-5-6-8-19(18)14-21)26-24(29)15-20(16-25(26)30)17-9-11-22(12-10-17)28(2)3/h5-12,20-21,29H,4,13-16H2,1-3H3. The molecule has 1 unspecified atom stereocenters. The molecule has 0 bridgehead atoms. The van der Waals surface area contributed by atoms with Crippen molar-refractivity contribution < 1.29 is 9.90 Å². The minimum atomic E-state index is 0.0107. The van der Waals surface area contributed by atoms with E-state index in [0.29, 0.717) is 24.8 Å². The lowest BCUT2D eigenvalue weighted by Crippen LogP contribution is -2.25. The van der Waals surface area contributed by atoms with E-state index < -0.39 is 0 Å². The molecular formula is C26H30N2O2. The van der Waals surface area contributed by atoms with Gasteiger partial charge in [0.25, 0.3) is 0 Å². The summed E-state index contributed by atoms with van der Waals surface area (Å²) in [4.78, 5) is 20.0. The Hall–Kier alpha value is -2.88. The van der Waals surface area contributed by atoms with Crippen molar-refractivity contribution in [1.29, 1.82) is 0 Å². The van der Waals surface area contributed by atoms with Crippen LogP contribution in [0, 0.1) is 0 Å². The van der Waals surface area contributed by atoms with Crippen molar-refractivity contribution in [2.24, 2.45) is 4.99 Å². The molecule has 2 aliphatic carbocycles. The second-order valence-electron chi connectivity index (χ2n) is 8.60. The molecular weight excluding hydrogens is 372 g/mol. The molecule has 0 aromatic heterocycles. The first-order valence-electron chi connectivity index (χ1n) is 10.8. The number of carbonyl (C=O) groups excluding carboxylic acids is 1. The molecule has 156 valence electrons. The predicted octanol–water partition coefficient (Wildman–Crippen LogP) is 5.03. The van der Waals surface area contributed by atoms with Crippen molar-refractivity contribution in [1.82, 2.24) is 0 Å². The Morgan fingerprint density at radius 1 is 1.00 bits per heavy atom. The quantitative estimate of drug-likeness (QED) is 0.714. The molecule has 0 fully saturated rings. The second-order valence-corrected chi connectivity index (χ2v) is 8.60. The maximum atomic E-state index is 13.0. The highest BCUT2D eigenvalue weighted by molar-refractivity contribution is 6.23. The molecule has 2 aromatic rings. The summed E-state index contributed by atoms with van der Waals surface area (Å²) < 4.78 is 0. The van der Waals surface area contributed by atoms with Crippen molar-refractivity contribution in [3.63, 3.8) is 0 Å². The number of fused-ring (bicyclic) bond motifs is 1. The van der Waals surface area contributed by atoms with Crippen LogP contribution in [0.3, 0.4) is 0 Å². The Morgan fingerprint density at radius 2 is 1.63 bits per heavy atom. The van der Waals surface area contributed by atoms with Crippen LogP contribution in [-0.4, -0.2) is 36.7 Å². The average molecular weight is 403 g/mol. The molecule has 0 saturated carbocycles. The van der Waals surface area contributed by atoms with Gasteiger partial charge in [-0.1, -0.05) is 43.3 Å². The third kappa shape index (κ3) is 4.04. The topological polar surface area (TPSA) is 52.9 Å². The fraction of sp³-hybridized carbons (Fsp3) is 0.385. The normalized spacial score (nSPS) is 19.9. The number of aliphatic hydroxyl groups excluding tert-OH is 1. The Kier molecular flexibility index (Phi) is 5.76. The minimum absolute atomic E-state index is 0.0107. The molecule has 0 aliphatic heterocycles. The van der Waals surface area contributed by atoms with Crippen molar-refractivity contribution in [2.75, 3.05) is 19.0 Å². The fourth-order valence-electron chi connectivity index (χ4n) is 4.68. The summed E-state index contributed by atoms with van der Waals surface area (Å²) in [6.07, 6.45) is 3.38. The van der Waals surface area contributed by atoms with Crippen LogP contribution in [0.15, 0.2) is 64.9 Å². The summed E-state index contributed by atoms with van der Waals surface area (Å²) in [6.45, 7) is 2.01. The van der Waals surface area contributed by atoms with E-state index in [1.54, 1.807) is 0 Å². The van der Waals surface area contributed by atoms with Crippen LogP contribution in [0.1, 0.15) is 48.8 Å². The molecule has 2 aliphatic rings. The zero-order valence-corrected chi connectivity index (χ0v) is 18.1. The van der Waals surface area contributed by atoms with Crippen molar-refractivity contribution in [3.8, 4) is 0 Å². The van der Waals surface area contributed by atoms with E-state index in [2.05, 4.69) is 53.4 Å². The predicted molar refractivity (Wildman–Crippen MR) is 123 cm³/mol. The molecule has 0 amide bonds. The molecule has 4 nitrogen and oxygen atoms in total. The third-order valence-corrected chi connectivity index (χ3v) is 6.31. The number of benzene rings is 2. The molecule has 1 atom stereocenters. The van der Waals surface area contributed by atoms with Crippen molar-refractivity contribution >= 4 is 17.2 Å². The van der Waals surface area contributed by atoms with E-state index in [1.165, 1.54) is 11.1 Å². The smallest absolute Gasteiger partial charge is 0.168 e. The summed E-state index contributed by atoms with van der Waals surface area (Å²) in [5.74, 6) is 0.229. The van der Waals surface area contributed by atoms with Crippen LogP contribution in [0.4, 0.5) is 5.69 Å². The first-order valence-corrected chi connectivity index (χ1v) is 10.8. The molecule has 0 spiro atoms. The van der Waals surface area contributed by atoms with Gasteiger partial charge in [-0.25, -0.2) is 0 Å². The van der Waals surface area contributed by atoms with Gasteiger partial charge in [0, 0.05) is 38.3 Å². The van der Waals surface area contributed by atoms with Crippen molar-refractivity contribution in [3.05, 3.63) is 76.6 Å². The van der Waals surface area contributed by atoms with Crippen LogP contribution < -0.4 is 4.90 Å². The summed E-state index contributed by atoms with van der Waals surface area (Å²) in [7, 11) is 4.02. The van der Waals surface area contributed by atoms with E-state index >= 15 is 0 Å². The van der Waals surface area contributed by atoms with Crippen molar-refractivity contribution in [2.45, 2.75) is 51.0 Å². The van der Waals surface area contributed by atoms with Crippen LogP contribution in [-0.2, 0) is 17.6 Å². The summed E-state index contributed by atoms with van der Waals surface area (Å²) in [5.41, 5.74) is 6.14. The van der Waals surface area contributed by atoms with Crippen LogP contribution in [0.5, 0.6) is 0 Å². The molecule has 0 heterocycles. The number of hydrogen-bond donors (Lipinski definition) is 1. The monoisotopic (exact) mass is 402 g/mol. The minimum Gasteiger partial charge on any atom is -0.511 e. The Balaban J connectivity index is 1.55. The largest absolute Gasteiger partial charge is 0.511 e. The zero-order chi connectivity index (χ0) is 21.3.